The summed E-state index contributed by atoms with van der Waals surface area (Å²) in [5, 5.41) is 17.4. The topological polar surface area (TPSA) is 50.9 Å². The van der Waals surface area contributed by atoms with Gasteiger partial charge < -0.3 is 5.11 Å². The van der Waals surface area contributed by atoms with Gasteiger partial charge in [0.2, 0.25) is 0 Å². The van der Waals surface area contributed by atoms with Crippen molar-refractivity contribution in [2.24, 2.45) is 0 Å². The highest BCUT2D eigenvalue weighted by Crippen LogP contribution is 2.18. The van der Waals surface area contributed by atoms with Gasteiger partial charge in [-0.2, -0.15) is 5.10 Å². The Balaban J connectivity index is 1.78. The number of hydrogen-bond donors (Lipinski definition) is 1. The number of thiazole rings is 1. The van der Waals surface area contributed by atoms with Gasteiger partial charge in [0.1, 0.15) is 6.10 Å². The average Bonchev–Trinajstić information content (AvgIpc) is 3.10. The van der Waals surface area contributed by atoms with Crippen LogP contribution >= 0.6 is 11.3 Å². The first kappa shape index (κ1) is 12.1. The molecule has 19 heavy (non-hydrogen) atoms. The van der Waals surface area contributed by atoms with E-state index in [2.05, 4.69) is 10.1 Å². The van der Waals surface area contributed by atoms with Crippen LogP contribution in [0.15, 0.2) is 54.2 Å². The number of aliphatic hydroxyl groups is 1. The molecule has 96 valence electrons. The average molecular weight is 271 g/mol. The van der Waals surface area contributed by atoms with Crippen LogP contribution in [0.1, 0.15) is 16.8 Å². The van der Waals surface area contributed by atoms with Crippen molar-refractivity contribution in [3.8, 4) is 5.69 Å². The van der Waals surface area contributed by atoms with Crippen LogP contribution in [0.5, 0.6) is 0 Å². The zero-order chi connectivity index (χ0) is 13.1. The number of nitrogens with zero attached hydrogens (tertiary/aromatic N) is 3. The summed E-state index contributed by atoms with van der Waals surface area (Å²) in [6.45, 7) is 0. The number of para-hydroxylation sites is 1. The van der Waals surface area contributed by atoms with Crippen molar-refractivity contribution in [2.45, 2.75) is 12.5 Å². The second kappa shape index (κ2) is 5.34. The molecule has 0 bridgehead atoms. The fourth-order valence-corrected chi connectivity index (χ4v) is 2.52. The zero-order valence-corrected chi connectivity index (χ0v) is 11.0. The summed E-state index contributed by atoms with van der Waals surface area (Å²) < 4.78 is 1.76. The van der Waals surface area contributed by atoms with Crippen LogP contribution in [-0.2, 0) is 6.42 Å². The number of benzene rings is 1. The van der Waals surface area contributed by atoms with E-state index < -0.39 is 6.10 Å². The Morgan fingerprint density at radius 2 is 2.05 bits per heavy atom. The minimum atomic E-state index is -0.615. The summed E-state index contributed by atoms with van der Waals surface area (Å²) in [7, 11) is 0. The predicted molar refractivity (Wildman–Crippen MR) is 74.3 cm³/mol. The summed E-state index contributed by atoms with van der Waals surface area (Å²) in [6, 6.07) is 11.7. The van der Waals surface area contributed by atoms with Gasteiger partial charge in [-0.1, -0.05) is 18.2 Å². The summed E-state index contributed by atoms with van der Waals surface area (Å²) in [5.74, 6) is 0. The van der Waals surface area contributed by atoms with Crippen molar-refractivity contribution < 1.29 is 5.11 Å². The highest BCUT2D eigenvalue weighted by Gasteiger charge is 2.13. The minimum absolute atomic E-state index is 0.503. The van der Waals surface area contributed by atoms with E-state index in [1.807, 2.05) is 48.0 Å². The third-order valence-electron chi connectivity index (χ3n) is 2.82. The summed E-state index contributed by atoms with van der Waals surface area (Å²) >= 11 is 1.54. The van der Waals surface area contributed by atoms with Crippen LogP contribution in [0.3, 0.4) is 0 Å². The minimum Gasteiger partial charge on any atom is -0.386 e. The summed E-state index contributed by atoms with van der Waals surface area (Å²) in [5.41, 5.74) is 1.65. The Hall–Kier alpha value is -1.98. The zero-order valence-electron chi connectivity index (χ0n) is 10.2. The predicted octanol–water partition coefficient (Wildman–Crippen LogP) is 2.60. The molecule has 2 aromatic heterocycles. The molecule has 1 N–H and O–H groups in total. The van der Waals surface area contributed by atoms with E-state index in [-0.39, 0.29) is 0 Å². The molecule has 1 atom stereocenters. The molecular weight excluding hydrogens is 258 g/mol. The molecule has 5 heteroatoms. The molecule has 0 saturated carbocycles. The normalized spacial score (nSPS) is 12.5. The number of hydrogen-bond acceptors (Lipinski definition) is 4. The lowest BCUT2D eigenvalue weighted by Crippen LogP contribution is -2.04. The van der Waals surface area contributed by atoms with Crippen LogP contribution in [0.2, 0.25) is 0 Å². The maximum absolute atomic E-state index is 10.1. The molecule has 0 radical (unpaired) electrons. The third-order valence-corrected chi connectivity index (χ3v) is 3.63. The smallest absolute Gasteiger partial charge is 0.104 e. The molecule has 3 rings (SSSR count). The van der Waals surface area contributed by atoms with Gasteiger partial charge >= 0.3 is 0 Å². The van der Waals surface area contributed by atoms with Gasteiger partial charge in [0.25, 0.3) is 0 Å². The van der Waals surface area contributed by atoms with E-state index in [0.29, 0.717) is 12.1 Å². The van der Waals surface area contributed by atoms with Crippen molar-refractivity contribution in [1.82, 2.24) is 14.8 Å². The summed E-state index contributed by atoms with van der Waals surface area (Å²) in [4.78, 5) is 4.17. The second-order valence-electron chi connectivity index (χ2n) is 4.17. The van der Waals surface area contributed by atoms with Gasteiger partial charge in [0, 0.05) is 24.2 Å². The van der Waals surface area contributed by atoms with Gasteiger partial charge in [0.15, 0.2) is 0 Å². The Morgan fingerprint density at radius 1 is 1.21 bits per heavy atom. The highest BCUT2D eigenvalue weighted by molar-refractivity contribution is 7.09. The summed E-state index contributed by atoms with van der Waals surface area (Å²) in [6.07, 6.45) is 3.49. The van der Waals surface area contributed by atoms with Crippen LogP contribution in [-0.4, -0.2) is 19.9 Å². The maximum atomic E-state index is 10.1. The quantitative estimate of drug-likeness (QED) is 0.793. The lowest BCUT2D eigenvalue weighted by atomic mass is 10.2. The monoisotopic (exact) mass is 271 g/mol. The van der Waals surface area contributed by atoms with Crippen LogP contribution < -0.4 is 0 Å². The largest absolute Gasteiger partial charge is 0.386 e. The first-order chi connectivity index (χ1) is 9.33. The standard InChI is InChI=1S/C14H13N3OS/c18-13(10-14-15-7-9-19-14)12-6-8-17(16-12)11-4-2-1-3-5-11/h1-9,13,18H,10H2. The first-order valence-corrected chi connectivity index (χ1v) is 6.88. The molecule has 0 aliphatic rings. The molecule has 0 aliphatic carbocycles. The third kappa shape index (κ3) is 2.72. The molecule has 0 aliphatic heterocycles. The molecule has 1 unspecified atom stereocenters. The van der Waals surface area contributed by atoms with Gasteiger partial charge in [-0.15, -0.1) is 11.3 Å². The molecule has 0 spiro atoms. The lowest BCUT2D eigenvalue weighted by molar-refractivity contribution is 0.173. The first-order valence-electron chi connectivity index (χ1n) is 6.00. The van der Waals surface area contributed by atoms with E-state index in [1.54, 1.807) is 22.2 Å². The molecule has 4 nitrogen and oxygen atoms in total. The van der Waals surface area contributed by atoms with E-state index in [1.165, 1.54) is 0 Å². The van der Waals surface area contributed by atoms with Crippen molar-refractivity contribution in [2.75, 3.05) is 0 Å². The fraction of sp³-hybridized carbons (Fsp3) is 0.143. The second-order valence-corrected chi connectivity index (χ2v) is 5.15. The van der Waals surface area contributed by atoms with Gasteiger partial charge in [-0.25, -0.2) is 9.67 Å². The molecular formula is C14H13N3OS. The molecule has 2 heterocycles. The van der Waals surface area contributed by atoms with Gasteiger partial charge in [0.05, 0.1) is 16.4 Å². The SMILES string of the molecule is OC(Cc1nccs1)c1ccn(-c2ccccc2)n1. The maximum Gasteiger partial charge on any atom is 0.104 e. The van der Waals surface area contributed by atoms with Crippen molar-refractivity contribution >= 4 is 11.3 Å². The van der Waals surface area contributed by atoms with Crippen LogP contribution in [0, 0.1) is 0 Å². The Morgan fingerprint density at radius 3 is 2.79 bits per heavy atom. The molecule has 0 fully saturated rings. The van der Waals surface area contributed by atoms with Crippen molar-refractivity contribution in [3.05, 3.63) is 64.9 Å². The Labute approximate surface area is 115 Å². The van der Waals surface area contributed by atoms with Crippen LogP contribution in [0.25, 0.3) is 5.69 Å². The number of aliphatic hydroxyl groups excluding tert-OH is 1. The number of rotatable bonds is 4. The van der Waals surface area contributed by atoms with Crippen molar-refractivity contribution in [3.63, 3.8) is 0 Å². The Bertz CT molecular complexity index is 634. The van der Waals surface area contributed by atoms with Crippen LogP contribution in [0.4, 0.5) is 0 Å². The molecule has 0 amide bonds. The molecule has 1 aromatic carbocycles. The fourth-order valence-electron chi connectivity index (χ4n) is 1.86. The van der Waals surface area contributed by atoms with E-state index in [4.69, 9.17) is 0 Å². The van der Waals surface area contributed by atoms with E-state index >= 15 is 0 Å². The highest BCUT2D eigenvalue weighted by atomic mass is 32.1. The van der Waals surface area contributed by atoms with Gasteiger partial charge in [-0.3, -0.25) is 0 Å². The lowest BCUT2D eigenvalue weighted by Gasteiger charge is -2.05. The number of aromatic nitrogens is 3. The van der Waals surface area contributed by atoms with E-state index in [9.17, 15) is 5.11 Å². The van der Waals surface area contributed by atoms with Gasteiger partial charge in [-0.05, 0) is 18.2 Å². The Kier molecular flexibility index (Phi) is 3.39. The molecule has 3 aromatic rings. The molecule has 0 saturated heterocycles. The van der Waals surface area contributed by atoms with E-state index in [0.717, 1.165) is 10.7 Å². The van der Waals surface area contributed by atoms with Crippen molar-refractivity contribution in [1.29, 1.82) is 0 Å².